The highest BCUT2D eigenvalue weighted by atomic mass is 16.5. The second-order valence-electron chi connectivity index (χ2n) is 15.9. The van der Waals surface area contributed by atoms with Crippen LogP contribution in [0.4, 0.5) is 11.4 Å². The molecule has 282 valence electrons. The molecule has 1 heterocycles. The Morgan fingerprint density at radius 2 is 1.19 bits per heavy atom. The van der Waals surface area contributed by atoms with Crippen LogP contribution in [0.2, 0.25) is 0 Å². The molecule has 1 aromatic heterocycles. The van der Waals surface area contributed by atoms with E-state index in [1.54, 1.807) is 0 Å². The molecule has 2 aliphatic rings. The van der Waals surface area contributed by atoms with Gasteiger partial charge in [-0.2, -0.15) is 0 Å². The SMILES string of the molecule is C=CCC(OCc1ccc(C=C)cc1)N(c1ccc(-c2ccc3ccn(C(C)C)c3c2)cc1)c1ccc2c(c1)C1(c3ccccc3-c3ccccc31)c1ccccc1-2. The Labute approximate surface area is 341 Å². The number of hydrogen-bond acceptors (Lipinski definition) is 2. The van der Waals surface area contributed by atoms with Gasteiger partial charge in [-0.05, 0) is 122 Å². The molecule has 0 N–H and O–H groups in total. The van der Waals surface area contributed by atoms with Crippen LogP contribution in [0.3, 0.4) is 0 Å². The molecule has 3 nitrogen and oxygen atoms in total. The monoisotopic (exact) mass is 750 g/mol. The number of rotatable bonds is 11. The average molecular weight is 751 g/mol. The van der Waals surface area contributed by atoms with Crippen molar-refractivity contribution in [1.82, 2.24) is 4.57 Å². The number of hydrogen-bond donors (Lipinski definition) is 0. The van der Waals surface area contributed by atoms with Gasteiger partial charge < -0.3 is 14.2 Å². The van der Waals surface area contributed by atoms with Gasteiger partial charge in [-0.15, -0.1) is 6.58 Å². The third kappa shape index (κ3) is 5.61. The molecule has 0 fully saturated rings. The zero-order valence-electron chi connectivity index (χ0n) is 33.1. The molecule has 10 rings (SSSR count). The van der Waals surface area contributed by atoms with Crippen LogP contribution in [0.25, 0.3) is 50.4 Å². The molecule has 2 aliphatic carbocycles. The van der Waals surface area contributed by atoms with Gasteiger partial charge >= 0.3 is 0 Å². The van der Waals surface area contributed by atoms with Crippen LogP contribution in [-0.4, -0.2) is 10.8 Å². The summed E-state index contributed by atoms with van der Waals surface area (Å²) >= 11 is 0. The lowest BCUT2D eigenvalue weighted by Crippen LogP contribution is -2.34. The van der Waals surface area contributed by atoms with Crippen LogP contribution >= 0.6 is 0 Å². The Hall–Kier alpha value is -6.68. The van der Waals surface area contributed by atoms with Crippen LogP contribution < -0.4 is 4.90 Å². The summed E-state index contributed by atoms with van der Waals surface area (Å²) in [7, 11) is 0. The number of fused-ring (bicyclic) bond motifs is 11. The number of benzene rings is 7. The maximum atomic E-state index is 6.94. The van der Waals surface area contributed by atoms with Gasteiger partial charge in [0.05, 0.1) is 12.0 Å². The summed E-state index contributed by atoms with van der Waals surface area (Å²) in [6.45, 7) is 13.1. The second kappa shape index (κ2) is 14.4. The summed E-state index contributed by atoms with van der Waals surface area (Å²) in [6, 6.07) is 60.8. The first-order valence-corrected chi connectivity index (χ1v) is 20.4. The Bertz CT molecular complexity index is 2780. The predicted molar refractivity (Wildman–Crippen MR) is 243 cm³/mol. The lowest BCUT2D eigenvalue weighted by molar-refractivity contribution is 0.0471. The second-order valence-corrected chi connectivity index (χ2v) is 15.9. The van der Waals surface area contributed by atoms with Crippen LogP contribution in [0.15, 0.2) is 189 Å². The molecule has 58 heavy (non-hydrogen) atoms. The Morgan fingerprint density at radius 3 is 1.79 bits per heavy atom. The van der Waals surface area contributed by atoms with E-state index in [9.17, 15) is 0 Å². The van der Waals surface area contributed by atoms with Crippen LogP contribution in [0.5, 0.6) is 0 Å². The van der Waals surface area contributed by atoms with Gasteiger partial charge in [0, 0.05) is 35.6 Å². The fourth-order valence-corrected chi connectivity index (χ4v) is 9.64. The van der Waals surface area contributed by atoms with Crippen molar-refractivity contribution in [3.05, 3.63) is 223 Å². The molecule has 7 aromatic carbocycles. The summed E-state index contributed by atoms with van der Waals surface area (Å²) in [5.74, 6) is 0. The first-order chi connectivity index (χ1) is 28.5. The minimum Gasteiger partial charge on any atom is -0.353 e. The van der Waals surface area contributed by atoms with Gasteiger partial charge in [-0.25, -0.2) is 0 Å². The van der Waals surface area contributed by atoms with Crippen molar-refractivity contribution >= 4 is 28.4 Å². The minimum absolute atomic E-state index is 0.325. The molecule has 8 aromatic rings. The fraction of sp³-hybridized carbons (Fsp3) is 0.127. The van der Waals surface area contributed by atoms with Crippen molar-refractivity contribution in [1.29, 1.82) is 0 Å². The van der Waals surface area contributed by atoms with Crippen molar-refractivity contribution in [2.45, 2.75) is 44.6 Å². The molecule has 0 saturated carbocycles. The third-order valence-electron chi connectivity index (χ3n) is 12.3. The minimum atomic E-state index is -0.446. The van der Waals surface area contributed by atoms with Crippen molar-refractivity contribution in [2.75, 3.05) is 4.90 Å². The topological polar surface area (TPSA) is 17.4 Å². The molecule has 1 unspecified atom stereocenters. The number of aromatic nitrogens is 1. The smallest absolute Gasteiger partial charge is 0.138 e. The third-order valence-corrected chi connectivity index (χ3v) is 12.3. The van der Waals surface area contributed by atoms with E-state index in [0.717, 1.165) is 22.5 Å². The van der Waals surface area contributed by atoms with E-state index in [0.29, 0.717) is 19.1 Å². The molecule has 1 atom stereocenters. The van der Waals surface area contributed by atoms with Gasteiger partial charge in [-0.3, -0.25) is 0 Å². The number of anilines is 2. The predicted octanol–water partition coefficient (Wildman–Crippen LogP) is 14.1. The lowest BCUT2D eigenvalue weighted by atomic mass is 9.70. The first kappa shape index (κ1) is 35.7. The molecule has 0 amide bonds. The largest absolute Gasteiger partial charge is 0.353 e. The zero-order valence-corrected chi connectivity index (χ0v) is 33.1. The molecule has 0 saturated heterocycles. The Kier molecular flexibility index (Phi) is 8.84. The van der Waals surface area contributed by atoms with Crippen LogP contribution in [0.1, 0.15) is 59.7 Å². The number of ether oxygens (including phenoxy) is 1. The van der Waals surface area contributed by atoms with E-state index >= 15 is 0 Å². The van der Waals surface area contributed by atoms with E-state index in [2.05, 4.69) is 206 Å². The summed E-state index contributed by atoms with van der Waals surface area (Å²) in [6.07, 6.45) is 6.34. The highest BCUT2D eigenvalue weighted by molar-refractivity contribution is 5.96. The van der Waals surface area contributed by atoms with Gasteiger partial charge in [0.2, 0.25) is 0 Å². The average Bonchev–Trinajstić information content (AvgIpc) is 3.93. The molecule has 0 bridgehead atoms. The van der Waals surface area contributed by atoms with E-state index in [-0.39, 0.29) is 6.23 Å². The van der Waals surface area contributed by atoms with Gasteiger partial charge in [0.25, 0.3) is 0 Å². The standard InChI is InChI=1S/C55H46N2O/c1-5-13-54(58-36-39-22-20-38(6-2)21-23-39)57(43-28-26-40(27-29-43)42-25-24-41-32-33-56(37(3)4)53(41)34-42)44-30-31-48-47-16-9-12-19-51(47)55(52(48)35-44)49-17-10-7-14-45(49)46-15-8-11-18-50(46)55/h5-12,14-35,37,54H,1-2,13,36H2,3-4H3. The van der Waals surface area contributed by atoms with Gasteiger partial charge in [-0.1, -0.05) is 146 Å². The summed E-state index contributed by atoms with van der Waals surface area (Å²) < 4.78 is 9.28. The fourth-order valence-electron chi connectivity index (χ4n) is 9.64. The normalized spacial score (nSPS) is 13.6. The molecule has 1 spiro atoms. The summed E-state index contributed by atoms with van der Waals surface area (Å²) in [5, 5.41) is 1.26. The summed E-state index contributed by atoms with van der Waals surface area (Å²) in [5.41, 5.74) is 18.0. The van der Waals surface area contributed by atoms with E-state index < -0.39 is 5.41 Å². The summed E-state index contributed by atoms with van der Waals surface area (Å²) in [4.78, 5) is 2.38. The highest BCUT2D eigenvalue weighted by Crippen LogP contribution is 2.63. The van der Waals surface area contributed by atoms with Crippen LogP contribution in [-0.2, 0) is 16.8 Å². The van der Waals surface area contributed by atoms with Gasteiger partial charge in [0.1, 0.15) is 6.23 Å². The zero-order chi connectivity index (χ0) is 39.4. The maximum Gasteiger partial charge on any atom is 0.138 e. The van der Waals surface area contributed by atoms with Crippen molar-refractivity contribution in [3.63, 3.8) is 0 Å². The molecular weight excluding hydrogens is 705 g/mol. The molecule has 0 radical (unpaired) electrons. The first-order valence-electron chi connectivity index (χ1n) is 20.4. The van der Waals surface area contributed by atoms with Gasteiger partial charge in [0.15, 0.2) is 0 Å². The molecule has 0 aliphatic heterocycles. The quantitative estimate of drug-likeness (QED) is 0.0967. The Morgan fingerprint density at radius 1 is 0.603 bits per heavy atom. The van der Waals surface area contributed by atoms with E-state index in [4.69, 9.17) is 4.74 Å². The lowest BCUT2D eigenvalue weighted by Gasteiger charge is -2.35. The van der Waals surface area contributed by atoms with Crippen molar-refractivity contribution in [3.8, 4) is 33.4 Å². The maximum absolute atomic E-state index is 6.94. The van der Waals surface area contributed by atoms with E-state index in [1.165, 1.54) is 66.5 Å². The van der Waals surface area contributed by atoms with Crippen molar-refractivity contribution < 1.29 is 4.74 Å². The van der Waals surface area contributed by atoms with Crippen LogP contribution in [0, 0.1) is 0 Å². The Balaban J connectivity index is 1.13. The molecular formula is C55H46N2O. The van der Waals surface area contributed by atoms with Crippen molar-refractivity contribution in [2.24, 2.45) is 0 Å². The number of nitrogens with zero attached hydrogens (tertiary/aromatic N) is 2. The highest BCUT2D eigenvalue weighted by Gasteiger charge is 2.51. The molecule has 3 heteroatoms. The van der Waals surface area contributed by atoms with E-state index in [1.807, 2.05) is 12.2 Å².